The molecule has 0 unspecified atom stereocenters. The lowest BCUT2D eigenvalue weighted by Crippen LogP contribution is -2.30. The molecule has 0 saturated carbocycles. The van der Waals surface area contributed by atoms with Gasteiger partial charge in [-0.3, -0.25) is 4.79 Å². The molecule has 1 heterocycles. The quantitative estimate of drug-likeness (QED) is 0.832. The zero-order chi connectivity index (χ0) is 13.0. The first-order valence-electron chi connectivity index (χ1n) is 5.59. The highest BCUT2D eigenvalue weighted by atomic mass is 79.9. The van der Waals surface area contributed by atoms with Crippen LogP contribution in [0.5, 0.6) is 0 Å². The van der Waals surface area contributed by atoms with Gasteiger partial charge in [0.05, 0.1) is 0 Å². The summed E-state index contributed by atoms with van der Waals surface area (Å²) in [4.78, 5) is 14.0. The molecule has 5 heteroatoms. The van der Waals surface area contributed by atoms with E-state index in [1.54, 1.807) is 16.7 Å². The van der Waals surface area contributed by atoms with Crippen LogP contribution in [0.25, 0.3) is 0 Å². The van der Waals surface area contributed by atoms with E-state index in [2.05, 4.69) is 29.8 Å². The molecule has 3 nitrogen and oxygen atoms in total. The summed E-state index contributed by atoms with van der Waals surface area (Å²) in [7, 11) is 1.85. The standard InChI is InChI=1S/C12H19BrN2OS/c1-9(2)15-8-10(13)7-11(15)12(16)14(3)5-6-17-4/h7-9H,5-6H2,1-4H3. The zero-order valence-electron chi connectivity index (χ0n) is 10.7. The topological polar surface area (TPSA) is 25.2 Å². The predicted molar refractivity (Wildman–Crippen MR) is 77.9 cm³/mol. The first-order chi connectivity index (χ1) is 7.97. The number of nitrogens with zero attached hydrogens (tertiary/aromatic N) is 2. The minimum absolute atomic E-state index is 0.0819. The Hall–Kier alpha value is -0.420. The molecule has 1 rings (SSSR count). The molecule has 0 saturated heterocycles. The number of amides is 1. The second kappa shape index (κ2) is 6.50. The molecule has 0 radical (unpaired) electrons. The van der Waals surface area contributed by atoms with Gasteiger partial charge in [-0.2, -0.15) is 11.8 Å². The van der Waals surface area contributed by atoms with Crippen molar-refractivity contribution in [1.29, 1.82) is 0 Å². The van der Waals surface area contributed by atoms with Gasteiger partial charge in [-0.1, -0.05) is 0 Å². The molecule has 0 bridgehead atoms. The van der Waals surface area contributed by atoms with Crippen molar-refractivity contribution in [3.05, 3.63) is 22.4 Å². The lowest BCUT2D eigenvalue weighted by molar-refractivity contribution is 0.0791. The Morgan fingerprint density at radius 3 is 2.76 bits per heavy atom. The third-order valence-electron chi connectivity index (χ3n) is 2.57. The van der Waals surface area contributed by atoms with Crippen LogP contribution in [-0.2, 0) is 0 Å². The van der Waals surface area contributed by atoms with Crippen LogP contribution in [0.1, 0.15) is 30.4 Å². The van der Waals surface area contributed by atoms with Crippen LogP contribution in [0.2, 0.25) is 0 Å². The SMILES string of the molecule is CSCCN(C)C(=O)c1cc(Br)cn1C(C)C. The molecule has 0 spiro atoms. The second-order valence-corrected chi connectivity index (χ2v) is 6.17. The van der Waals surface area contributed by atoms with Gasteiger partial charge in [0, 0.05) is 36.1 Å². The van der Waals surface area contributed by atoms with Gasteiger partial charge in [0.2, 0.25) is 0 Å². The Bertz CT molecular complexity index is 390. The molecule has 0 fully saturated rings. The first kappa shape index (κ1) is 14.6. The van der Waals surface area contributed by atoms with Gasteiger partial charge < -0.3 is 9.47 Å². The van der Waals surface area contributed by atoms with Crippen LogP contribution in [0.15, 0.2) is 16.7 Å². The predicted octanol–water partition coefficient (Wildman–Crippen LogP) is 3.27. The highest BCUT2D eigenvalue weighted by molar-refractivity contribution is 9.10. The molecule has 1 aromatic heterocycles. The van der Waals surface area contributed by atoms with E-state index in [0.717, 1.165) is 22.5 Å². The van der Waals surface area contributed by atoms with E-state index in [0.29, 0.717) is 0 Å². The highest BCUT2D eigenvalue weighted by Crippen LogP contribution is 2.20. The molecule has 17 heavy (non-hydrogen) atoms. The van der Waals surface area contributed by atoms with E-state index in [1.807, 2.05) is 30.1 Å². The van der Waals surface area contributed by atoms with Crippen LogP contribution in [0.4, 0.5) is 0 Å². The number of rotatable bonds is 5. The number of thioether (sulfide) groups is 1. The first-order valence-corrected chi connectivity index (χ1v) is 7.77. The number of hydrogen-bond donors (Lipinski definition) is 0. The molecule has 0 aromatic carbocycles. The number of halogens is 1. The fourth-order valence-electron chi connectivity index (χ4n) is 1.57. The van der Waals surface area contributed by atoms with Crippen LogP contribution >= 0.6 is 27.7 Å². The average molecular weight is 319 g/mol. The molecule has 96 valence electrons. The van der Waals surface area contributed by atoms with Gasteiger partial charge >= 0.3 is 0 Å². The van der Waals surface area contributed by atoms with Crippen LogP contribution in [0, 0.1) is 0 Å². The minimum atomic E-state index is 0.0819. The lowest BCUT2D eigenvalue weighted by atomic mass is 10.3. The summed E-state index contributed by atoms with van der Waals surface area (Å²) in [6.07, 6.45) is 4.01. The monoisotopic (exact) mass is 318 g/mol. The molecule has 1 amide bonds. The van der Waals surface area contributed by atoms with Crippen LogP contribution in [-0.4, -0.2) is 41.0 Å². The summed E-state index contributed by atoms with van der Waals surface area (Å²) in [5.74, 6) is 1.05. The van der Waals surface area contributed by atoms with Gasteiger partial charge in [-0.25, -0.2) is 0 Å². The minimum Gasteiger partial charge on any atom is -0.340 e. The summed E-state index contributed by atoms with van der Waals surface area (Å²) in [6, 6.07) is 2.17. The van der Waals surface area contributed by atoms with Crippen molar-refractivity contribution in [1.82, 2.24) is 9.47 Å². The highest BCUT2D eigenvalue weighted by Gasteiger charge is 2.18. The Morgan fingerprint density at radius 1 is 1.59 bits per heavy atom. The van der Waals surface area contributed by atoms with Crippen molar-refractivity contribution in [2.24, 2.45) is 0 Å². The fourth-order valence-corrected chi connectivity index (χ4v) is 2.46. The maximum Gasteiger partial charge on any atom is 0.270 e. The lowest BCUT2D eigenvalue weighted by Gasteiger charge is -2.19. The molecule has 1 aromatic rings. The molecule has 0 aliphatic rings. The third-order valence-corrected chi connectivity index (χ3v) is 3.59. The van der Waals surface area contributed by atoms with Crippen molar-refractivity contribution < 1.29 is 4.79 Å². The third kappa shape index (κ3) is 3.78. The molecule has 0 aliphatic heterocycles. The molecular formula is C12H19BrN2OS. The smallest absolute Gasteiger partial charge is 0.270 e. The Kier molecular flexibility index (Phi) is 5.59. The summed E-state index contributed by atoms with van der Waals surface area (Å²) in [5, 5.41) is 0. The van der Waals surface area contributed by atoms with Gasteiger partial charge in [-0.15, -0.1) is 0 Å². The summed E-state index contributed by atoms with van der Waals surface area (Å²) in [6.45, 7) is 4.93. The summed E-state index contributed by atoms with van der Waals surface area (Å²) < 4.78 is 2.95. The van der Waals surface area contributed by atoms with Crippen molar-refractivity contribution in [2.45, 2.75) is 19.9 Å². The Morgan fingerprint density at radius 2 is 2.24 bits per heavy atom. The molecular weight excluding hydrogens is 300 g/mol. The Labute approximate surface area is 116 Å². The number of carbonyl (C=O) groups is 1. The van der Waals surface area contributed by atoms with Gasteiger partial charge in [0.25, 0.3) is 5.91 Å². The number of hydrogen-bond acceptors (Lipinski definition) is 2. The van der Waals surface area contributed by atoms with Gasteiger partial charge in [-0.05, 0) is 42.1 Å². The largest absolute Gasteiger partial charge is 0.340 e. The second-order valence-electron chi connectivity index (χ2n) is 4.26. The summed E-state index contributed by atoms with van der Waals surface area (Å²) in [5.41, 5.74) is 0.746. The van der Waals surface area contributed by atoms with E-state index in [4.69, 9.17) is 0 Å². The number of carbonyl (C=O) groups excluding carboxylic acids is 1. The van der Waals surface area contributed by atoms with Crippen molar-refractivity contribution in [3.63, 3.8) is 0 Å². The van der Waals surface area contributed by atoms with E-state index < -0.39 is 0 Å². The van der Waals surface area contributed by atoms with E-state index >= 15 is 0 Å². The normalized spacial score (nSPS) is 10.9. The van der Waals surface area contributed by atoms with Crippen LogP contribution < -0.4 is 0 Å². The van der Waals surface area contributed by atoms with E-state index in [9.17, 15) is 4.79 Å². The zero-order valence-corrected chi connectivity index (χ0v) is 13.1. The van der Waals surface area contributed by atoms with E-state index in [1.165, 1.54) is 0 Å². The molecule has 0 N–H and O–H groups in total. The van der Waals surface area contributed by atoms with E-state index in [-0.39, 0.29) is 11.9 Å². The van der Waals surface area contributed by atoms with Crippen molar-refractivity contribution in [3.8, 4) is 0 Å². The maximum atomic E-state index is 12.3. The fraction of sp³-hybridized carbons (Fsp3) is 0.583. The molecule has 0 aliphatic carbocycles. The van der Waals surface area contributed by atoms with Gasteiger partial charge in [0.1, 0.15) is 5.69 Å². The number of aromatic nitrogens is 1. The van der Waals surface area contributed by atoms with Crippen molar-refractivity contribution in [2.75, 3.05) is 25.6 Å². The van der Waals surface area contributed by atoms with Crippen molar-refractivity contribution >= 4 is 33.6 Å². The summed E-state index contributed by atoms with van der Waals surface area (Å²) >= 11 is 5.17. The average Bonchev–Trinajstić information content (AvgIpc) is 2.67. The Balaban J connectivity index is 2.87. The van der Waals surface area contributed by atoms with Gasteiger partial charge in [0.15, 0.2) is 0 Å². The van der Waals surface area contributed by atoms with Crippen LogP contribution in [0.3, 0.4) is 0 Å². The maximum absolute atomic E-state index is 12.3. The molecule has 0 atom stereocenters.